The summed E-state index contributed by atoms with van der Waals surface area (Å²) in [4.78, 5) is 19.6. The number of thiazole rings is 1. The van der Waals surface area contributed by atoms with Crippen LogP contribution in [0, 0.1) is 0 Å². The molecule has 0 radical (unpaired) electrons. The number of carbonyl (C=O) groups is 1. The van der Waals surface area contributed by atoms with Gasteiger partial charge in [-0.1, -0.05) is 59.9 Å². The Morgan fingerprint density at radius 3 is 2.45 bits per heavy atom. The molecular weight excluding hydrogens is 408 g/mol. The van der Waals surface area contributed by atoms with Gasteiger partial charge in [0, 0.05) is 6.08 Å². The fourth-order valence-corrected chi connectivity index (χ4v) is 4.17. The highest BCUT2D eigenvalue weighted by Crippen LogP contribution is 2.31. The monoisotopic (exact) mass is 430 g/mol. The summed E-state index contributed by atoms with van der Waals surface area (Å²) in [6.07, 6.45) is 3.34. The van der Waals surface area contributed by atoms with Gasteiger partial charge in [-0.2, -0.15) is 0 Å². The molecule has 0 aliphatic rings. The van der Waals surface area contributed by atoms with Crippen molar-refractivity contribution < 1.29 is 14.3 Å². The van der Waals surface area contributed by atoms with E-state index in [2.05, 4.69) is 4.98 Å². The highest BCUT2D eigenvalue weighted by Gasteiger charge is 2.18. The second kappa shape index (κ2) is 9.45. The van der Waals surface area contributed by atoms with Crippen molar-refractivity contribution in [2.45, 2.75) is 6.54 Å². The Balaban J connectivity index is 1.64. The van der Waals surface area contributed by atoms with E-state index in [4.69, 9.17) is 9.47 Å². The predicted molar refractivity (Wildman–Crippen MR) is 126 cm³/mol. The van der Waals surface area contributed by atoms with Gasteiger partial charge in [-0.3, -0.25) is 9.69 Å². The number of hydrogen-bond acceptors (Lipinski definition) is 5. The summed E-state index contributed by atoms with van der Waals surface area (Å²) < 4.78 is 11.7. The Morgan fingerprint density at radius 2 is 1.71 bits per heavy atom. The number of aromatic nitrogens is 1. The average Bonchev–Trinajstić information content (AvgIpc) is 3.25. The fraction of sp³-hybridized carbons (Fsp3) is 0.120. The van der Waals surface area contributed by atoms with E-state index in [1.165, 1.54) is 11.3 Å². The Morgan fingerprint density at radius 1 is 0.968 bits per heavy atom. The van der Waals surface area contributed by atoms with Gasteiger partial charge >= 0.3 is 0 Å². The third-order valence-electron chi connectivity index (χ3n) is 4.79. The molecule has 0 fully saturated rings. The van der Waals surface area contributed by atoms with E-state index in [9.17, 15) is 4.79 Å². The zero-order valence-corrected chi connectivity index (χ0v) is 18.1. The first-order chi connectivity index (χ1) is 15.2. The highest BCUT2D eigenvalue weighted by atomic mass is 32.1. The van der Waals surface area contributed by atoms with Gasteiger partial charge in [0.15, 0.2) is 16.6 Å². The minimum atomic E-state index is -0.141. The molecule has 0 saturated carbocycles. The van der Waals surface area contributed by atoms with E-state index in [1.54, 1.807) is 31.3 Å². The largest absolute Gasteiger partial charge is 0.493 e. The molecule has 3 aromatic carbocycles. The summed E-state index contributed by atoms with van der Waals surface area (Å²) in [7, 11) is 3.18. The second-order valence-corrected chi connectivity index (χ2v) is 7.83. The van der Waals surface area contributed by atoms with Crippen molar-refractivity contribution in [2.75, 3.05) is 19.1 Å². The quantitative estimate of drug-likeness (QED) is 0.360. The number of benzene rings is 3. The molecular formula is C25H22N2O3S. The molecule has 5 nitrogen and oxygen atoms in total. The van der Waals surface area contributed by atoms with Crippen molar-refractivity contribution >= 4 is 38.7 Å². The SMILES string of the molecule is COc1ccc(/C=C/C(=O)N(Cc2ccccc2)c2nc3ccccc3s2)cc1OC. The van der Waals surface area contributed by atoms with Crippen LogP contribution in [0.4, 0.5) is 5.13 Å². The highest BCUT2D eigenvalue weighted by molar-refractivity contribution is 7.22. The van der Waals surface area contributed by atoms with Crippen LogP contribution in [0.25, 0.3) is 16.3 Å². The van der Waals surface area contributed by atoms with E-state index in [0.717, 1.165) is 21.3 Å². The van der Waals surface area contributed by atoms with E-state index in [-0.39, 0.29) is 5.91 Å². The topological polar surface area (TPSA) is 51.7 Å². The van der Waals surface area contributed by atoms with Crippen molar-refractivity contribution in [2.24, 2.45) is 0 Å². The fourth-order valence-electron chi connectivity index (χ4n) is 3.20. The molecule has 31 heavy (non-hydrogen) atoms. The smallest absolute Gasteiger partial charge is 0.253 e. The van der Waals surface area contributed by atoms with Crippen LogP contribution < -0.4 is 14.4 Å². The van der Waals surface area contributed by atoms with Gasteiger partial charge < -0.3 is 9.47 Å². The number of hydrogen-bond donors (Lipinski definition) is 0. The number of rotatable bonds is 7. The molecule has 0 unspecified atom stereocenters. The number of anilines is 1. The molecule has 4 aromatic rings. The maximum atomic E-state index is 13.2. The average molecular weight is 431 g/mol. The van der Waals surface area contributed by atoms with Crippen LogP contribution in [0.2, 0.25) is 0 Å². The van der Waals surface area contributed by atoms with Gasteiger partial charge in [0.25, 0.3) is 5.91 Å². The van der Waals surface area contributed by atoms with Crippen molar-refractivity contribution in [3.63, 3.8) is 0 Å². The lowest BCUT2D eigenvalue weighted by Crippen LogP contribution is -2.28. The van der Waals surface area contributed by atoms with E-state index >= 15 is 0 Å². The number of amides is 1. The van der Waals surface area contributed by atoms with Gasteiger partial charge in [-0.25, -0.2) is 4.98 Å². The lowest BCUT2D eigenvalue weighted by atomic mass is 10.1. The minimum Gasteiger partial charge on any atom is -0.493 e. The van der Waals surface area contributed by atoms with Gasteiger partial charge in [-0.05, 0) is 41.5 Å². The van der Waals surface area contributed by atoms with E-state index in [0.29, 0.717) is 23.2 Å². The number of para-hydroxylation sites is 1. The molecule has 0 aliphatic heterocycles. The lowest BCUT2D eigenvalue weighted by Gasteiger charge is -2.18. The molecule has 0 saturated heterocycles. The molecule has 1 aromatic heterocycles. The molecule has 0 aliphatic carbocycles. The Bertz CT molecular complexity index is 1180. The van der Waals surface area contributed by atoms with Crippen molar-refractivity contribution in [1.82, 2.24) is 4.98 Å². The van der Waals surface area contributed by atoms with Gasteiger partial charge in [-0.15, -0.1) is 0 Å². The molecule has 156 valence electrons. The van der Waals surface area contributed by atoms with E-state index < -0.39 is 0 Å². The lowest BCUT2D eigenvalue weighted by molar-refractivity contribution is -0.114. The molecule has 4 rings (SSSR count). The van der Waals surface area contributed by atoms with Crippen LogP contribution in [-0.4, -0.2) is 25.1 Å². The minimum absolute atomic E-state index is 0.141. The summed E-state index contributed by atoms with van der Waals surface area (Å²) in [5, 5.41) is 0.673. The standard InChI is InChI=1S/C25H22N2O3S/c1-29-21-14-12-18(16-22(21)30-2)13-15-24(28)27(17-19-8-4-3-5-9-19)25-26-20-10-6-7-11-23(20)31-25/h3-16H,17H2,1-2H3/b15-13+. The number of nitrogens with zero attached hydrogens (tertiary/aromatic N) is 2. The second-order valence-electron chi connectivity index (χ2n) is 6.82. The number of methoxy groups -OCH3 is 2. The Hall–Kier alpha value is -3.64. The van der Waals surface area contributed by atoms with Crippen LogP contribution in [0.1, 0.15) is 11.1 Å². The Kier molecular flexibility index (Phi) is 6.29. The molecule has 0 bridgehead atoms. The van der Waals surface area contributed by atoms with Gasteiger partial charge in [0.05, 0.1) is 31.0 Å². The van der Waals surface area contributed by atoms with Crippen LogP contribution in [-0.2, 0) is 11.3 Å². The first-order valence-electron chi connectivity index (χ1n) is 9.79. The third-order valence-corrected chi connectivity index (χ3v) is 5.85. The van der Waals surface area contributed by atoms with Gasteiger partial charge in [0.1, 0.15) is 0 Å². The van der Waals surface area contributed by atoms with Gasteiger partial charge in [0.2, 0.25) is 0 Å². The first kappa shape index (κ1) is 20.6. The van der Waals surface area contributed by atoms with E-state index in [1.807, 2.05) is 72.8 Å². The molecule has 0 atom stereocenters. The van der Waals surface area contributed by atoms with Crippen LogP contribution in [0.15, 0.2) is 78.9 Å². The summed E-state index contributed by atoms with van der Waals surface area (Å²) in [6.45, 7) is 0.440. The van der Waals surface area contributed by atoms with Crippen molar-refractivity contribution in [3.05, 3.63) is 90.0 Å². The summed E-state index contributed by atoms with van der Waals surface area (Å²) in [5.74, 6) is 1.12. The first-order valence-corrected chi connectivity index (χ1v) is 10.6. The summed E-state index contributed by atoms with van der Waals surface area (Å²) >= 11 is 1.51. The maximum Gasteiger partial charge on any atom is 0.253 e. The normalized spacial score (nSPS) is 11.0. The zero-order valence-electron chi connectivity index (χ0n) is 17.3. The number of fused-ring (bicyclic) bond motifs is 1. The summed E-state index contributed by atoms with van der Waals surface area (Å²) in [6, 6.07) is 23.3. The maximum absolute atomic E-state index is 13.2. The molecule has 1 amide bonds. The van der Waals surface area contributed by atoms with Crippen molar-refractivity contribution in [1.29, 1.82) is 0 Å². The molecule has 6 heteroatoms. The predicted octanol–water partition coefficient (Wildman–Crippen LogP) is 5.56. The number of ether oxygens (including phenoxy) is 2. The molecule has 0 spiro atoms. The summed E-state index contributed by atoms with van der Waals surface area (Å²) in [5.41, 5.74) is 2.77. The van der Waals surface area contributed by atoms with Crippen LogP contribution >= 0.6 is 11.3 Å². The number of carbonyl (C=O) groups excluding carboxylic acids is 1. The van der Waals surface area contributed by atoms with Crippen molar-refractivity contribution in [3.8, 4) is 11.5 Å². The van der Waals surface area contributed by atoms with Crippen LogP contribution in [0.3, 0.4) is 0 Å². The third kappa shape index (κ3) is 4.75. The zero-order chi connectivity index (χ0) is 21.6. The van der Waals surface area contributed by atoms with Crippen LogP contribution in [0.5, 0.6) is 11.5 Å². The Labute approximate surface area is 185 Å². The molecule has 0 N–H and O–H groups in total. The molecule has 1 heterocycles.